The summed E-state index contributed by atoms with van der Waals surface area (Å²) in [6.45, 7) is 0.951. The molecule has 0 unspecified atom stereocenters. The number of benzene rings is 1. The molecule has 5 heteroatoms. The monoisotopic (exact) mass is 272 g/mol. The Kier molecular flexibility index (Phi) is 4.58. The molecular weight excluding hydrogens is 260 g/mol. The van der Waals surface area contributed by atoms with Gasteiger partial charge >= 0.3 is 0 Å². The molecule has 1 rings (SSSR count). The number of anilines is 1. The van der Waals surface area contributed by atoms with E-state index in [9.17, 15) is 4.79 Å². The van der Waals surface area contributed by atoms with E-state index in [2.05, 4.69) is 21.2 Å². The number of ether oxygens (including phenoxy) is 1. The van der Waals surface area contributed by atoms with Crippen LogP contribution in [0.5, 0.6) is 0 Å². The molecule has 0 heterocycles. The minimum Gasteiger partial charge on any atom is -0.398 e. The molecule has 4 nitrogen and oxygen atoms in total. The Balaban J connectivity index is 2.73. The summed E-state index contributed by atoms with van der Waals surface area (Å²) in [5, 5.41) is 2.71. The molecule has 0 spiro atoms. The van der Waals surface area contributed by atoms with Crippen LogP contribution in [-0.2, 0) is 4.74 Å². The van der Waals surface area contributed by atoms with E-state index in [1.54, 1.807) is 25.3 Å². The fraction of sp³-hybridized carbons (Fsp3) is 0.300. The number of nitrogens with two attached hydrogens (primary N) is 1. The molecule has 0 bridgehead atoms. The summed E-state index contributed by atoms with van der Waals surface area (Å²) in [6, 6.07) is 5.25. The third-order valence-corrected chi connectivity index (χ3v) is 2.53. The number of hydrogen-bond acceptors (Lipinski definition) is 3. The zero-order valence-electron chi connectivity index (χ0n) is 8.42. The first-order valence-electron chi connectivity index (χ1n) is 4.48. The number of carbonyl (C=O) groups excluding carboxylic acids is 1. The van der Waals surface area contributed by atoms with Gasteiger partial charge in [-0.15, -0.1) is 0 Å². The predicted molar refractivity (Wildman–Crippen MR) is 62.8 cm³/mol. The van der Waals surface area contributed by atoms with Gasteiger partial charge in [-0.2, -0.15) is 0 Å². The number of halogens is 1. The highest BCUT2D eigenvalue weighted by molar-refractivity contribution is 9.10. The van der Waals surface area contributed by atoms with Crippen molar-refractivity contribution >= 4 is 27.5 Å². The highest BCUT2D eigenvalue weighted by Gasteiger charge is 2.12. The fourth-order valence-electron chi connectivity index (χ4n) is 1.14. The number of hydrogen-bond donors (Lipinski definition) is 2. The lowest BCUT2D eigenvalue weighted by molar-refractivity contribution is 0.0937. The van der Waals surface area contributed by atoms with Crippen LogP contribution in [0.2, 0.25) is 0 Å². The molecule has 1 aromatic carbocycles. The number of carbonyl (C=O) groups is 1. The average Bonchev–Trinajstić information content (AvgIpc) is 2.18. The second kappa shape index (κ2) is 5.72. The van der Waals surface area contributed by atoms with Crippen molar-refractivity contribution in [2.45, 2.75) is 0 Å². The Morgan fingerprint density at radius 2 is 2.33 bits per heavy atom. The maximum absolute atomic E-state index is 11.7. The summed E-state index contributed by atoms with van der Waals surface area (Å²) in [7, 11) is 1.58. The third-order valence-electron chi connectivity index (χ3n) is 1.86. The Bertz CT molecular complexity index is 335. The van der Waals surface area contributed by atoms with Gasteiger partial charge in [0.2, 0.25) is 0 Å². The standard InChI is InChI=1S/C10H13BrN2O2/c1-15-6-5-13-10(14)9-7(11)3-2-4-8(9)12/h2-4H,5-6,12H2,1H3,(H,13,14). The summed E-state index contributed by atoms with van der Waals surface area (Å²) < 4.78 is 5.52. The second-order valence-corrected chi connectivity index (χ2v) is 3.81. The quantitative estimate of drug-likeness (QED) is 0.644. The van der Waals surface area contributed by atoms with Gasteiger partial charge < -0.3 is 15.8 Å². The van der Waals surface area contributed by atoms with Crippen molar-refractivity contribution in [3.63, 3.8) is 0 Å². The van der Waals surface area contributed by atoms with Gasteiger partial charge in [0, 0.05) is 23.8 Å². The second-order valence-electron chi connectivity index (χ2n) is 2.95. The van der Waals surface area contributed by atoms with E-state index in [0.717, 1.165) is 0 Å². The number of methoxy groups -OCH3 is 1. The SMILES string of the molecule is COCCNC(=O)c1c(N)cccc1Br. The van der Waals surface area contributed by atoms with Crippen molar-refractivity contribution in [2.75, 3.05) is 26.0 Å². The molecule has 0 atom stereocenters. The highest BCUT2D eigenvalue weighted by atomic mass is 79.9. The molecule has 0 radical (unpaired) electrons. The van der Waals surface area contributed by atoms with Gasteiger partial charge in [-0.1, -0.05) is 6.07 Å². The van der Waals surface area contributed by atoms with Crippen molar-refractivity contribution in [3.05, 3.63) is 28.2 Å². The smallest absolute Gasteiger partial charge is 0.254 e. The van der Waals surface area contributed by atoms with Gasteiger partial charge in [-0.05, 0) is 28.1 Å². The zero-order chi connectivity index (χ0) is 11.3. The maximum atomic E-state index is 11.7. The van der Waals surface area contributed by atoms with Crippen LogP contribution in [0.15, 0.2) is 22.7 Å². The van der Waals surface area contributed by atoms with Crippen molar-refractivity contribution in [1.82, 2.24) is 5.32 Å². The van der Waals surface area contributed by atoms with Crippen molar-refractivity contribution < 1.29 is 9.53 Å². The minimum atomic E-state index is -0.197. The molecule has 0 saturated heterocycles. The first-order chi connectivity index (χ1) is 7.16. The van der Waals surface area contributed by atoms with E-state index in [0.29, 0.717) is 28.9 Å². The van der Waals surface area contributed by atoms with Gasteiger partial charge in [0.1, 0.15) is 0 Å². The van der Waals surface area contributed by atoms with Gasteiger partial charge in [0.25, 0.3) is 5.91 Å². The summed E-state index contributed by atoms with van der Waals surface area (Å²) in [5.41, 5.74) is 6.63. The molecule has 0 aliphatic heterocycles. The van der Waals surface area contributed by atoms with Gasteiger partial charge in [-0.3, -0.25) is 4.79 Å². The predicted octanol–water partition coefficient (Wildman–Crippen LogP) is 1.41. The number of amides is 1. The molecule has 3 N–H and O–H groups in total. The van der Waals surface area contributed by atoms with Crippen LogP contribution in [0.25, 0.3) is 0 Å². The highest BCUT2D eigenvalue weighted by Crippen LogP contribution is 2.21. The summed E-state index contributed by atoms with van der Waals surface area (Å²) >= 11 is 3.28. The number of nitrogen functional groups attached to an aromatic ring is 1. The summed E-state index contributed by atoms with van der Waals surface area (Å²) in [5.74, 6) is -0.197. The molecule has 0 saturated carbocycles. The molecule has 0 aromatic heterocycles. The molecule has 82 valence electrons. The van der Waals surface area contributed by atoms with Crippen molar-refractivity contribution in [3.8, 4) is 0 Å². The van der Waals surface area contributed by atoms with E-state index < -0.39 is 0 Å². The van der Waals surface area contributed by atoms with Crippen LogP contribution in [0.1, 0.15) is 10.4 Å². The zero-order valence-corrected chi connectivity index (χ0v) is 10.0. The molecule has 0 aliphatic carbocycles. The minimum absolute atomic E-state index is 0.197. The van der Waals surface area contributed by atoms with Crippen LogP contribution in [0.4, 0.5) is 5.69 Å². The lowest BCUT2D eigenvalue weighted by Gasteiger charge is -2.08. The van der Waals surface area contributed by atoms with E-state index in [-0.39, 0.29) is 5.91 Å². The first-order valence-corrected chi connectivity index (χ1v) is 5.27. The normalized spacial score (nSPS) is 10.0. The molecule has 1 amide bonds. The fourth-order valence-corrected chi connectivity index (χ4v) is 1.70. The lowest BCUT2D eigenvalue weighted by Crippen LogP contribution is -2.27. The Morgan fingerprint density at radius 3 is 2.93 bits per heavy atom. The van der Waals surface area contributed by atoms with Crippen LogP contribution < -0.4 is 11.1 Å². The van der Waals surface area contributed by atoms with Gasteiger partial charge in [-0.25, -0.2) is 0 Å². The topological polar surface area (TPSA) is 64.3 Å². The van der Waals surface area contributed by atoms with Crippen LogP contribution in [0, 0.1) is 0 Å². The van der Waals surface area contributed by atoms with Gasteiger partial charge in [0.15, 0.2) is 0 Å². The maximum Gasteiger partial charge on any atom is 0.254 e. The molecule has 0 aliphatic rings. The Morgan fingerprint density at radius 1 is 1.60 bits per heavy atom. The van der Waals surface area contributed by atoms with Crippen LogP contribution in [-0.4, -0.2) is 26.2 Å². The van der Waals surface area contributed by atoms with E-state index in [1.165, 1.54) is 0 Å². The third kappa shape index (κ3) is 3.21. The van der Waals surface area contributed by atoms with Gasteiger partial charge in [0.05, 0.1) is 12.2 Å². The van der Waals surface area contributed by atoms with Crippen molar-refractivity contribution in [1.29, 1.82) is 0 Å². The van der Waals surface area contributed by atoms with E-state index in [4.69, 9.17) is 10.5 Å². The Hall–Kier alpha value is -1.07. The molecular formula is C10H13BrN2O2. The van der Waals surface area contributed by atoms with Crippen LogP contribution in [0.3, 0.4) is 0 Å². The molecule has 1 aromatic rings. The first kappa shape index (κ1) is 12.0. The van der Waals surface area contributed by atoms with E-state index >= 15 is 0 Å². The summed E-state index contributed by atoms with van der Waals surface area (Å²) in [4.78, 5) is 11.7. The number of rotatable bonds is 4. The average molecular weight is 273 g/mol. The van der Waals surface area contributed by atoms with E-state index in [1.807, 2.05) is 0 Å². The van der Waals surface area contributed by atoms with Crippen LogP contribution >= 0.6 is 15.9 Å². The Labute approximate surface area is 96.9 Å². The largest absolute Gasteiger partial charge is 0.398 e. The number of nitrogens with one attached hydrogen (secondary N) is 1. The molecule has 0 fully saturated rings. The van der Waals surface area contributed by atoms with Crippen molar-refractivity contribution in [2.24, 2.45) is 0 Å². The lowest BCUT2D eigenvalue weighted by atomic mass is 10.1. The summed E-state index contributed by atoms with van der Waals surface area (Å²) in [6.07, 6.45) is 0. The molecule has 15 heavy (non-hydrogen) atoms.